The van der Waals surface area contributed by atoms with Crippen LogP contribution in [0.4, 0.5) is 5.69 Å². The van der Waals surface area contributed by atoms with Crippen molar-refractivity contribution >= 4 is 5.69 Å². The lowest BCUT2D eigenvalue weighted by atomic mass is 10.0. The van der Waals surface area contributed by atoms with Crippen LogP contribution in [0.5, 0.6) is 0 Å². The molecule has 0 radical (unpaired) electrons. The minimum atomic E-state index is 0.387. The highest BCUT2D eigenvalue weighted by molar-refractivity contribution is 5.48. The van der Waals surface area contributed by atoms with E-state index in [1.807, 2.05) is 0 Å². The summed E-state index contributed by atoms with van der Waals surface area (Å²) in [6, 6.07) is 8.95. The maximum atomic E-state index is 5.91. The summed E-state index contributed by atoms with van der Waals surface area (Å²) in [6.45, 7) is 2.82. The highest BCUT2D eigenvalue weighted by Gasteiger charge is 2.16. The molecule has 3 nitrogen and oxygen atoms in total. The fraction of sp³-hybridized carbons (Fsp3) is 0.538. The van der Waals surface area contributed by atoms with Gasteiger partial charge in [0.1, 0.15) is 0 Å². The topological polar surface area (TPSA) is 38.5 Å². The van der Waals surface area contributed by atoms with Crippen LogP contribution < -0.4 is 10.6 Å². The van der Waals surface area contributed by atoms with Crippen LogP contribution in [-0.2, 0) is 11.3 Å². The van der Waals surface area contributed by atoms with Crippen molar-refractivity contribution in [3.8, 4) is 0 Å². The van der Waals surface area contributed by atoms with Gasteiger partial charge in [0, 0.05) is 31.9 Å². The van der Waals surface area contributed by atoms with Gasteiger partial charge in [0.25, 0.3) is 0 Å². The first kappa shape index (κ1) is 11.4. The van der Waals surface area contributed by atoms with Crippen LogP contribution in [0.15, 0.2) is 24.3 Å². The largest absolute Gasteiger partial charge is 0.380 e. The summed E-state index contributed by atoms with van der Waals surface area (Å²) in [4.78, 5) is 2.41. The van der Waals surface area contributed by atoms with E-state index < -0.39 is 0 Å². The predicted molar refractivity (Wildman–Crippen MR) is 66.6 cm³/mol. The van der Waals surface area contributed by atoms with Gasteiger partial charge < -0.3 is 15.4 Å². The number of hydrogen-bond acceptors (Lipinski definition) is 3. The van der Waals surface area contributed by atoms with Crippen molar-refractivity contribution in [2.75, 3.05) is 25.1 Å². The average Bonchev–Trinajstić information content (AvgIpc) is 2.31. The number of nitrogens with two attached hydrogens (primary N) is 1. The van der Waals surface area contributed by atoms with Gasteiger partial charge >= 0.3 is 0 Å². The van der Waals surface area contributed by atoms with E-state index in [2.05, 4.69) is 29.2 Å². The molecule has 1 heterocycles. The monoisotopic (exact) mass is 220 g/mol. The van der Waals surface area contributed by atoms with Crippen LogP contribution in [0, 0.1) is 0 Å². The standard InChI is InChI=1S/C13H20N2O/c1-16-10-11-3-2-4-13(9-11)15-7-5-12(14)6-8-15/h2-4,9,12H,5-8,10,14H2,1H3. The van der Waals surface area contributed by atoms with E-state index in [9.17, 15) is 0 Å². The first-order valence-corrected chi connectivity index (χ1v) is 5.88. The third kappa shape index (κ3) is 2.74. The molecular weight excluding hydrogens is 200 g/mol. The van der Waals surface area contributed by atoms with E-state index in [4.69, 9.17) is 10.5 Å². The number of piperidine rings is 1. The Morgan fingerprint density at radius 3 is 2.81 bits per heavy atom. The van der Waals surface area contributed by atoms with Crippen LogP contribution in [0.1, 0.15) is 18.4 Å². The summed E-state index contributed by atoms with van der Waals surface area (Å²) >= 11 is 0. The number of rotatable bonds is 3. The molecule has 3 heteroatoms. The van der Waals surface area contributed by atoms with Gasteiger partial charge in [-0.3, -0.25) is 0 Å². The van der Waals surface area contributed by atoms with Crippen LogP contribution in [0.3, 0.4) is 0 Å². The average molecular weight is 220 g/mol. The van der Waals surface area contributed by atoms with Gasteiger partial charge in [-0.2, -0.15) is 0 Å². The van der Waals surface area contributed by atoms with E-state index in [1.54, 1.807) is 7.11 Å². The molecule has 0 unspecified atom stereocenters. The third-order valence-corrected chi connectivity index (χ3v) is 3.13. The zero-order valence-electron chi connectivity index (χ0n) is 9.86. The molecule has 0 aromatic heterocycles. The second-order valence-electron chi connectivity index (χ2n) is 4.43. The Bertz CT molecular complexity index is 332. The Balaban J connectivity index is 2.05. The van der Waals surface area contributed by atoms with Gasteiger partial charge in [-0.1, -0.05) is 12.1 Å². The Labute approximate surface area is 97.2 Å². The molecule has 0 atom stereocenters. The maximum absolute atomic E-state index is 5.91. The number of nitrogens with zero attached hydrogens (tertiary/aromatic N) is 1. The first-order valence-electron chi connectivity index (χ1n) is 5.88. The van der Waals surface area contributed by atoms with Gasteiger partial charge in [0.2, 0.25) is 0 Å². The molecule has 1 aliphatic rings. The molecule has 1 saturated heterocycles. The van der Waals surface area contributed by atoms with Crippen molar-refractivity contribution < 1.29 is 4.74 Å². The van der Waals surface area contributed by atoms with Gasteiger partial charge in [0.15, 0.2) is 0 Å². The quantitative estimate of drug-likeness (QED) is 0.843. The SMILES string of the molecule is COCc1cccc(N2CCC(N)CC2)c1. The summed E-state index contributed by atoms with van der Waals surface area (Å²) in [7, 11) is 1.73. The van der Waals surface area contributed by atoms with Gasteiger partial charge in [-0.05, 0) is 30.5 Å². The molecule has 0 bridgehead atoms. The number of methoxy groups -OCH3 is 1. The lowest BCUT2D eigenvalue weighted by Crippen LogP contribution is -2.39. The van der Waals surface area contributed by atoms with Gasteiger partial charge in [-0.25, -0.2) is 0 Å². The van der Waals surface area contributed by atoms with Crippen molar-refractivity contribution in [1.82, 2.24) is 0 Å². The van der Waals surface area contributed by atoms with E-state index in [0.717, 1.165) is 25.9 Å². The van der Waals surface area contributed by atoms with Crippen molar-refractivity contribution in [3.05, 3.63) is 29.8 Å². The summed E-state index contributed by atoms with van der Waals surface area (Å²) in [6.07, 6.45) is 2.18. The molecule has 1 aliphatic heterocycles. The smallest absolute Gasteiger partial charge is 0.0713 e. The summed E-state index contributed by atoms with van der Waals surface area (Å²) < 4.78 is 5.15. The Morgan fingerprint density at radius 1 is 1.38 bits per heavy atom. The molecule has 2 N–H and O–H groups in total. The number of hydrogen-bond donors (Lipinski definition) is 1. The molecule has 0 aliphatic carbocycles. The van der Waals surface area contributed by atoms with Crippen molar-refractivity contribution in [3.63, 3.8) is 0 Å². The van der Waals surface area contributed by atoms with E-state index in [1.165, 1.54) is 11.3 Å². The Morgan fingerprint density at radius 2 is 2.12 bits per heavy atom. The van der Waals surface area contributed by atoms with Gasteiger partial charge in [0.05, 0.1) is 6.61 Å². The highest BCUT2D eigenvalue weighted by Crippen LogP contribution is 2.20. The summed E-state index contributed by atoms with van der Waals surface area (Å²) in [5, 5.41) is 0. The normalized spacial score (nSPS) is 17.8. The maximum Gasteiger partial charge on any atom is 0.0713 e. The predicted octanol–water partition coefficient (Wildman–Crippen LogP) is 1.76. The molecule has 2 rings (SSSR count). The minimum absolute atomic E-state index is 0.387. The van der Waals surface area contributed by atoms with E-state index >= 15 is 0 Å². The van der Waals surface area contributed by atoms with Crippen LogP contribution in [0.2, 0.25) is 0 Å². The molecule has 1 aromatic carbocycles. The number of ether oxygens (including phenoxy) is 1. The van der Waals surface area contributed by atoms with Gasteiger partial charge in [-0.15, -0.1) is 0 Å². The van der Waals surface area contributed by atoms with Crippen LogP contribution >= 0.6 is 0 Å². The lowest BCUT2D eigenvalue weighted by molar-refractivity contribution is 0.185. The molecule has 0 amide bonds. The second kappa shape index (κ2) is 5.32. The van der Waals surface area contributed by atoms with Crippen molar-refractivity contribution in [2.45, 2.75) is 25.5 Å². The molecule has 1 aromatic rings. The number of anilines is 1. The van der Waals surface area contributed by atoms with Crippen molar-refractivity contribution in [1.29, 1.82) is 0 Å². The van der Waals surface area contributed by atoms with E-state index in [0.29, 0.717) is 12.6 Å². The van der Waals surface area contributed by atoms with Crippen LogP contribution in [0.25, 0.3) is 0 Å². The molecule has 16 heavy (non-hydrogen) atoms. The zero-order chi connectivity index (χ0) is 11.4. The fourth-order valence-corrected chi connectivity index (χ4v) is 2.17. The fourth-order valence-electron chi connectivity index (χ4n) is 2.17. The summed E-state index contributed by atoms with van der Waals surface area (Å²) in [5.74, 6) is 0. The molecule has 88 valence electrons. The molecular formula is C13H20N2O. The molecule has 0 spiro atoms. The van der Waals surface area contributed by atoms with Crippen molar-refractivity contribution in [2.24, 2.45) is 5.73 Å². The lowest BCUT2D eigenvalue weighted by Gasteiger charge is -2.32. The molecule has 0 saturated carbocycles. The second-order valence-corrected chi connectivity index (χ2v) is 4.43. The van der Waals surface area contributed by atoms with Crippen LogP contribution in [-0.4, -0.2) is 26.2 Å². The Hall–Kier alpha value is -1.06. The number of benzene rings is 1. The first-order chi connectivity index (χ1) is 7.79. The summed E-state index contributed by atoms with van der Waals surface area (Å²) in [5.41, 5.74) is 8.43. The molecule has 1 fully saturated rings. The highest BCUT2D eigenvalue weighted by atomic mass is 16.5. The third-order valence-electron chi connectivity index (χ3n) is 3.13. The zero-order valence-corrected chi connectivity index (χ0v) is 9.86. The minimum Gasteiger partial charge on any atom is -0.380 e. The van der Waals surface area contributed by atoms with E-state index in [-0.39, 0.29) is 0 Å². The Kier molecular flexibility index (Phi) is 3.80.